The average Bonchev–Trinajstić information content (AvgIpc) is 2.80. The zero-order valence-electron chi connectivity index (χ0n) is 19.3. The molecule has 2 N–H and O–H groups in total. The van der Waals surface area contributed by atoms with Gasteiger partial charge in [0.25, 0.3) is 0 Å². The van der Waals surface area contributed by atoms with Gasteiger partial charge in [-0.3, -0.25) is 24.5 Å². The molecule has 0 aliphatic carbocycles. The number of imide groups is 1. The maximum atomic E-state index is 12.7. The van der Waals surface area contributed by atoms with E-state index in [0.717, 1.165) is 9.87 Å². The molecule has 180 valence electrons. The number of hydrogen-bond acceptors (Lipinski definition) is 6. The van der Waals surface area contributed by atoms with E-state index in [9.17, 15) is 27.6 Å². The molecule has 2 aromatic rings. The molecule has 1 aliphatic rings. The van der Waals surface area contributed by atoms with Crippen molar-refractivity contribution in [1.29, 1.82) is 0 Å². The Morgan fingerprint density at radius 3 is 2.21 bits per heavy atom. The van der Waals surface area contributed by atoms with E-state index >= 15 is 0 Å². The lowest BCUT2D eigenvalue weighted by molar-refractivity contribution is -0.138. The summed E-state index contributed by atoms with van der Waals surface area (Å²) in [7, 11) is -2.63. The zero-order chi connectivity index (χ0) is 25.1. The van der Waals surface area contributed by atoms with Crippen molar-refractivity contribution in [2.45, 2.75) is 43.4 Å². The van der Waals surface area contributed by atoms with Crippen LogP contribution in [0.2, 0.25) is 0 Å². The van der Waals surface area contributed by atoms with E-state index < -0.39 is 27.9 Å². The lowest BCUT2D eigenvalue weighted by Crippen LogP contribution is -2.51. The van der Waals surface area contributed by atoms with E-state index in [-0.39, 0.29) is 28.9 Å². The highest BCUT2D eigenvalue weighted by molar-refractivity contribution is 7.89. The highest BCUT2D eigenvalue weighted by atomic mass is 32.2. The van der Waals surface area contributed by atoms with E-state index in [2.05, 4.69) is 10.6 Å². The molecule has 0 radical (unpaired) electrons. The molecular weight excluding hydrogens is 458 g/mol. The lowest BCUT2D eigenvalue weighted by Gasteiger charge is -2.35. The van der Waals surface area contributed by atoms with Gasteiger partial charge in [-0.2, -0.15) is 4.31 Å². The zero-order valence-corrected chi connectivity index (χ0v) is 20.1. The number of benzene rings is 2. The van der Waals surface area contributed by atoms with Gasteiger partial charge >= 0.3 is 0 Å². The molecule has 3 amide bonds. The number of rotatable bonds is 8. The minimum atomic E-state index is -3.92. The minimum Gasteiger partial charge on any atom is -0.325 e. The predicted molar refractivity (Wildman–Crippen MR) is 126 cm³/mol. The Bertz CT molecular complexity index is 1220. The van der Waals surface area contributed by atoms with Crippen LogP contribution in [0, 0.1) is 0 Å². The second-order valence-electron chi connectivity index (χ2n) is 8.28. The molecule has 0 aromatic heterocycles. The predicted octanol–water partition coefficient (Wildman–Crippen LogP) is 2.23. The van der Waals surface area contributed by atoms with Crippen LogP contribution < -0.4 is 10.6 Å². The van der Waals surface area contributed by atoms with E-state index in [0.29, 0.717) is 24.1 Å². The highest BCUT2D eigenvalue weighted by Crippen LogP contribution is 2.36. The van der Waals surface area contributed by atoms with Gasteiger partial charge in [0.15, 0.2) is 5.78 Å². The SMILES string of the molecule is CCC1(c2ccc(NC(=O)CN(C)S(=O)(=O)c3ccc(C(C)=O)cc3)cc2)CCC(=O)NC1=O. The Hall–Kier alpha value is -3.37. The second-order valence-corrected chi connectivity index (χ2v) is 10.3. The summed E-state index contributed by atoms with van der Waals surface area (Å²) >= 11 is 0. The van der Waals surface area contributed by atoms with Crippen LogP contribution in [0.15, 0.2) is 53.4 Å². The maximum Gasteiger partial charge on any atom is 0.243 e. The summed E-state index contributed by atoms with van der Waals surface area (Å²) in [6.07, 6.45) is 1.19. The Morgan fingerprint density at radius 1 is 1.06 bits per heavy atom. The van der Waals surface area contributed by atoms with E-state index in [1.165, 1.54) is 38.2 Å². The van der Waals surface area contributed by atoms with Gasteiger partial charge in [-0.15, -0.1) is 0 Å². The number of ketones is 1. The second kappa shape index (κ2) is 9.86. The van der Waals surface area contributed by atoms with Crippen LogP contribution in [0.4, 0.5) is 5.69 Å². The Morgan fingerprint density at radius 2 is 1.68 bits per heavy atom. The molecule has 3 rings (SSSR count). The first-order chi connectivity index (χ1) is 16.0. The summed E-state index contributed by atoms with van der Waals surface area (Å²) < 4.78 is 26.4. The molecule has 1 unspecified atom stereocenters. The smallest absolute Gasteiger partial charge is 0.243 e. The molecule has 2 aromatic carbocycles. The summed E-state index contributed by atoms with van der Waals surface area (Å²) in [6.45, 7) is 2.86. The van der Waals surface area contributed by atoms with Gasteiger partial charge in [-0.1, -0.05) is 31.2 Å². The fourth-order valence-electron chi connectivity index (χ4n) is 3.97. The molecule has 1 saturated heterocycles. The van der Waals surface area contributed by atoms with Crippen molar-refractivity contribution in [2.24, 2.45) is 0 Å². The van der Waals surface area contributed by atoms with Crippen molar-refractivity contribution >= 4 is 39.2 Å². The molecule has 0 saturated carbocycles. The summed E-state index contributed by atoms with van der Waals surface area (Å²) in [5.74, 6) is -1.33. The van der Waals surface area contributed by atoms with Crippen LogP contribution in [0.5, 0.6) is 0 Å². The third-order valence-corrected chi connectivity index (χ3v) is 7.94. The van der Waals surface area contributed by atoms with Crippen molar-refractivity contribution in [1.82, 2.24) is 9.62 Å². The number of anilines is 1. The van der Waals surface area contributed by atoms with Crippen LogP contribution in [-0.4, -0.2) is 49.8 Å². The Labute approximate surface area is 198 Å². The normalized spacial score (nSPS) is 18.5. The highest BCUT2D eigenvalue weighted by Gasteiger charge is 2.42. The Kier molecular flexibility index (Phi) is 7.32. The molecule has 0 bridgehead atoms. The molecule has 1 fully saturated rings. The molecule has 1 heterocycles. The van der Waals surface area contributed by atoms with E-state index in [1.54, 1.807) is 24.3 Å². The fraction of sp³-hybridized carbons (Fsp3) is 0.333. The quantitative estimate of drug-likeness (QED) is 0.436. The number of hydrogen-bond donors (Lipinski definition) is 2. The van der Waals surface area contributed by atoms with Gasteiger partial charge in [-0.25, -0.2) is 8.42 Å². The number of carbonyl (C=O) groups excluding carboxylic acids is 4. The number of sulfonamides is 1. The number of amides is 3. The summed E-state index contributed by atoms with van der Waals surface area (Å²) in [5.41, 5.74) is 0.781. The summed E-state index contributed by atoms with van der Waals surface area (Å²) in [4.78, 5) is 47.9. The standard InChI is InChI=1S/C24H27N3O6S/c1-4-24(14-13-21(29)26-23(24)31)18-7-9-19(10-8-18)25-22(30)15-27(3)34(32,33)20-11-5-17(6-12-20)16(2)28/h5-12H,4,13-15H2,1-3H3,(H,25,30)(H,26,29,31). The number of nitrogens with one attached hydrogen (secondary N) is 2. The van der Waals surface area contributed by atoms with Crippen LogP contribution in [-0.2, 0) is 29.8 Å². The van der Waals surface area contributed by atoms with Crippen LogP contribution in [0.1, 0.15) is 49.0 Å². The Balaban J connectivity index is 1.67. The minimum absolute atomic E-state index is 0.0220. The van der Waals surface area contributed by atoms with Crippen molar-refractivity contribution in [2.75, 3.05) is 18.9 Å². The maximum absolute atomic E-state index is 12.7. The fourth-order valence-corrected chi connectivity index (χ4v) is 5.10. The van der Waals surface area contributed by atoms with Gasteiger partial charge < -0.3 is 5.32 Å². The molecule has 10 heteroatoms. The topological polar surface area (TPSA) is 130 Å². The van der Waals surface area contributed by atoms with Crippen LogP contribution >= 0.6 is 0 Å². The van der Waals surface area contributed by atoms with Gasteiger partial charge in [-0.05, 0) is 49.6 Å². The third-order valence-electron chi connectivity index (χ3n) is 6.13. The lowest BCUT2D eigenvalue weighted by atomic mass is 9.72. The van der Waals surface area contributed by atoms with Crippen molar-refractivity contribution in [3.05, 3.63) is 59.7 Å². The first kappa shape index (κ1) is 25.3. The first-order valence-corrected chi connectivity index (χ1v) is 12.3. The van der Waals surface area contributed by atoms with Crippen LogP contribution in [0.3, 0.4) is 0 Å². The van der Waals surface area contributed by atoms with Gasteiger partial charge in [0.05, 0.1) is 16.9 Å². The van der Waals surface area contributed by atoms with Gasteiger partial charge in [0, 0.05) is 24.7 Å². The molecule has 1 atom stereocenters. The number of nitrogens with zero attached hydrogens (tertiary/aromatic N) is 1. The van der Waals surface area contributed by atoms with Crippen molar-refractivity contribution in [3.63, 3.8) is 0 Å². The van der Waals surface area contributed by atoms with Crippen molar-refractivity contribution in [3.8, 4) is 0 Å². The van der Waals surface area contributed by atoms with E-state index in [1.807, 2.05) is 6.92 Å². The molecule has 34 heavy (non-hydrogen) atoms. The molecule has 0 spiro atoms. The number of Topliss-reactive ketones (excluding diaryl/α,β-unsaturated/α-hetero) is 1. The van der Waals surface area contributed by atoms with Gasteiger partial charge in [0.1, 0.15) is 0 Å². The number of piperidine rings is 1. The van der Waals surface area contributed by atoms with Gasteiger partial charge in [0.2, 0.25) is 27.7 Å². The van der Waals surface area contributed by atoms with Crippen molar-refractivity contribution < 1.29 is 27.6 Å². The number of carbonyl (C=O) groups is 4. The van der Waals surface area contributed by atoms with Crippen LogP contribution in [0.25, 0.3) is 0 Å². The molecule has 1 aliphatic heterocycles. The van der Waals surface area contributed by atoms with E-state index in [4.69, 9.17) is 0 Å². The largest absolute Gasteiger partial charge is 0.325 e. The summed E-state index contributed by atoms with van der Waals surface area (Å²) in [5, 5.41) is 5.05. The summed E-state index contributed by atoms with van der Waals surface area (Å²) in [6, 6.07) is 12.3. The first-order valence-electron chi connectivity index (χ1n) is 10.8. The molecule has 9 nitrogen and oxygen atoms in total. The monoisotopic (exact) mass is 485 g/mol. The number of likely N-dealkylation sites (N-methyl/N-ethyl adjacent to an activating group) is 1. The molecular formula is C24H27N3O6S. The third kappa shape index (κ3) is 5.07. The average molecular weight is 486 g/mol.